The van der Waals surface area contributed by atoms with Gasteiger partial charge < -0.3 is 10.4 Å². The van der Waals surface area contributed by atoms with Crippen molar-refractivity contribution >= 4 is 27.5 Å². The molecular weight excluding hydrogens is 350 g/mol. The van der Waals surface area contributed by atoms with Crippen LogP contribution < -0.4 is 5.32 Å². The first-order valence-electron chi connectivity index (χ1n) is 6.96. The zero-order valence-corrected chi connectivity index (χ0v) is 14.2. The number of aliphatic hydroxyl groups is 1. The minimum atomic E-state index is 0.00196. The molecule has 2 aromatic rings. The Balaban J connectivity index is 2.04. The molecule has 1 unspecified atom stereocenters. The van der Waals surface area contributed by atoms with Crippen molar-refractivity contribution in [3.8, 4) is 0 Å². The zero-order chi connectivity index (χ0) is 15.2. The normalized spacial score (nSPS) is 13.9. The van der Waals surface area contributed by atoms with Gasteiger partial charge in [-0.15, -0.1) is 0 Å². The van der Waals surface area contributed by atoms with Crippen LogP contribution in [0.5, 0.6) is 0 Å². The van der Waals surface area contributed by atoms with E-state index in [9.17, 15) is 5.11 Å². The molecule has 0 spiro atoms. The Bertz CT molecular complexity index is 576. The highest BCUT2D eigenvalue weighted by Crippen LogP contribution is 2.26. The number of aliphatic hydroxyl groups excluding tert-OH is 1. The van der Waals surface area contributed by atoms with Gasteiger partial charge in [-0.1, -0.05) is 63.9 Å². The first-order valence-corrected chi connectivity index (χ1v) is 8.13. The molecule has 2 aromatic carbocycles. The van der Waals surface area contributed by atoms with Gasteiger partial charge in [0.05, 0.1) is 6.61 Å². The first kappa shape index (κ1) is 16.5. The molecule has 0 heterocycles. The van der Waals surface area contributed by atoms with Crippen LogP contribution in [0.3, 0.4) is 0 Å². The van der Waals surface area contributed by atoms with Gasteiger partial charge in [-0.05, 0) is 36.6 Å². The van der Waals surface area contributed by atoms with Crippen LogP contribution in [0.25, 0.3) is 0 Å². The molecule has 0 aliphatic heterocycles. The van der Waals surface area contributed by atoms with Crippen LogP contribution >= 0.6 is 27.5 Å². The van der Waals surface area contributed by atoms with Crippen LogP contribution in [-0.4, -0.2) is 17.8 Å². The summed E-state index contributed by atoms with van der Waals surface area (Å²) in [5, 5.41) is 13.8. The van der Waals surface area contributed by atoms with Crippen molar-refractivity contribution in [2.75, 3.05) is 6.61 Å². The van der Waals surface area contributed by atoms with Crippen LogP contribution in [0.4, 0.5) is 0 Å². The highest BCUT2D eigenvalue weighted by Gasteiger charge is 2.15. The Morgan fingerprint density at radius 1 is 1.19 bits per heavy atom. The van der Waals surface area contributed by atoms with Gasteiger partial charge in [-0.3, -0.25) is 0 Å². The van der Waals surface area contributed by atoms with Crippen molar-refractivity contribution in [1.82, 2.24) is 5.32 Å². The summed E-state index contributed by atoms with van der Waals surface area (Å²) in [5.41, 5.74) is 2.24. The number of hydrogen-bond acceptors (Lipinski definition) is 2. The highest BCUT2D eigenvalue weighted by atomic mass is 79.9. The third kappa shape index (κ3) is 4.82. The van der Waals surface area contributed by atoms with Crippen LogP contribution in [0.15, 0.2) is 53.0 Å². The standard InChI is InChI=1S/C17H19BrClNO/c1-12(16-8-7-14(18)10-17(16)19)20-15(11-21)9-13-5-3-2-4-6-13/h2-8,10,12,15,20-21H,9,11H2,1H3/t12?,15-/m0/s1. The summed E-state index contributed by atoms with van der Waals surface area (Å²) in [5.74, 6) is 0. The second-order valence-electron chi connectivity index (χ2n) is 5.12. The van der Waals surface area contributed by atoms with Gasteiger partial charge in [0.1, 0.15) is 0 Å². The molecule has 112 valence electrons. The molecular formula is C17H19BrClNO. The van der Waals surface area contributed by atoms with Gasteiger partial charge in [0.2, 0.25) is 0 Å². The molecule has 0 bridgehead atoms. The number of nitrogens with one attached hydrogen (secondary N) is 1. The molecule has 0 saturated carbocycles. The smallest absolute Gasteiger partial charge is 0.0588 e. The third-order valence-corrected chi connectivity index (χ3v) is 4.28. The predicted octanol–water partition coefficient (Wildman–Crippen LogP) is 4.36. The fraction of sp³-hybridized carbons (Fsp3) is 0.294. The molecule has 0 amide bonds. The fourth-order valence-electron chi connectivity index (χ4n) is 2.37. The van der Waals surface area contributed by atoms with Gasteiger partial charge in [-0.25, -0.2) is 0 Å². The van der Waals surface area contributed by atoms with E-state index in [1.807, 2.05) is 36.4 Å². The number of hydrogen-bond donors (Lipinski definition) is 2. The topological polar surface area (TPSA) is 32.3 Å². The lowest BCUT2D eigenvalue weighted by molar-refractivity contribution is 0.232. The molecule has 0 aliphatic carbocycles. The maximum Gasteiger partial charge on any atom is 0.0588 e. The molecule has 0 radical (unpaired) electrons. The average molecular weight is 369 g/mol. The maximum atomic E-state index is 9.59. The van der Waals surface area contributed by atoms with Crippen LogP contribution in [0.1, 0.15) is 24.1 Å². The summed E-state index contributed by atoms with van der Waals surface area (Å²) in [4.78, 5) is 0. The molecule has 0 fully saturated rings. The molecule has 4 heteroatoms. The van der Waals surface area contributed by atoms with E-state index in [1.165, 1.54) is 5.56 Å². The van der Waals surface area contributed by atoms with Crippen LogP contribution in [0, 0.1) is 0 Å². The van der Waals surface area contributed by atoms with Gasteiger partial charge in [0.25, 0.3) is 0 Å². The Morgan fingerprint density at radius 3 is 2.52 bits per heavy atom. The Labute approximate surface area is 139 Å². The molecule has 2 atom stereocenters. The summed E-state index contributed by atoms with van der Waals surface area (Å²) >= 11 is 9.69. The van der Waals surface area contributed by atoms with Crippen molar-refractivity contribution in [3.05, 3.63) is 69.2 Å². The van der Waals surface area contributed by atoms with E-state index in [1.54, 1.807) is 0 Å². The van der Waals surface area contributed by atoms with Gasteiger partial charge in [0.15, 0.2) is 0 Å². The van der Waals surface area contributed by atoms with E-state index in [0.717, 1.165) is 21.5 Å². The second-order valence-corrected chi connectivity index (χ2v) is 6.45. The average Bonchev–Trinajstić information content (AvgIpc) is 2.47. The first-order chi connectivity index (χ1) is 10.1. The Morgan fingerprint density at radius 2 is 1.90 bits per heavy atom. The molecule has 21 heavy (non-hydrogen) atoms. The van der Waals surface area contributed by atoms with E-state index in [-0.39, 0.29) is 18.7 Å². The second kappa shape index (κ2) is 7.95. The van der Waals surface area contributed by atoms with E-state index in [4.69, 9.17) is 11.6 Å². The molecule has 2 N–H and O–H groups in total. The van der Waals surface area contributed by atoms with Crippen molar-refractivity contribution in [2.24, 2.45) is 0 Å². The van der Waals surface area contributed by atoms with Gasteiger partial charge >= 0.3 is 0 Å². The molecule has 2 rings (SSSR count). The highest BCUT2D eigenvalue weighted by molar-refractivity contribution is 9.10. The van der Waals surface area contributed by atoms with Crippen molar-refractivity contribution in [1.29, 1.82) is 0 Å². The lowest BCUT2D eigenvalue weighted by Gasteiger charge is -2.23. The predicted molar refractivity (Wildman–Crippen MR) is 91.7 cm³/mol. The third-order valence-electron chi connectivity index (χ3n) is 3.46. The zero-order valence-electron chi connectivity index (χ0n) is 11.9. The maximum absolute atomic E-state index is 9.59. The quantitative estimate of drug-likeness (QED) is 0.794. The largest absolute Gasteiger partial charge is 0.395 e. The Kier molecular flexibility index (Phi) is 6.24. The van der Waals surface area contributed by atoms with Crippen LogP contribution in [-0.2, 0) is 6.42 Å². The number of benzene rings is 2. The van der Waals surface area contributed by atoms with Crippen molar-refractivity contribution in [2.45, 2.75) is 25.4 Å². The summed E-state index contributed by atoms with van der Waals surface area (Å²) in [6, 6.07) is 16.1. The van der Waals surface area contributed by atoms with Gasteiger partial charge in [-0.2, -0.15) is 0 Å². The molecule has 0 aliphatic rings. The van der Waals surface area contributed by atoms with E-state index in [2.05, 4.69) is 40.3 Å². The molecule has 0 saturated heterocycles. The molecule has 0 aromatic heterocycles. The fourth-order valence-corrected chi connectivity index (χ4v) is 3.21. The number of halogens is 2. The summed E-state index contributed by atoms with van der Waals surface area (Å²) < 4.78 is 0.964. The van der Waals surface area contributed by atoms with Crippen molar-refractivity contribution < 1.29 is 5.11 Å². The Hall–Kier alpha value is -0.870. The lowest BCUT2D eigenvalue weighted by atomic mass is 10.0. The minimum Gasteiger partial charge on any atom is -0.395 e. The van der Waals surface area contributed by atoms with E-state index in [0.29, 0.717) is 0 Å². The van der Waals surface area contributed by atoms with E-state index < -0.39 is 0 Å². The number of rotatable bonds is 6. The van der Waals surface area contributed by atoms with E-state index >= 15 is 0 Å². The summed E-state index contributed by atoms with van der Waals surface area (Å²) in [6.45, 7) is 2.15. The summed E-state index contributed by atoms with van der Waals surface area (Å²) in [7, 11) is 0. The van der Waals surface area contributed by atoms with Crippen LogP contribution in [0.2, 0.25) is 5.02 Å². The lowest BCUT2D eigenvalue weighted by Crippen LogP contribution is -2.36. The van der Waals surface area contributed by atoms with Gasteiger partial charge in [0, 0.05) is 21.6 Å². The van der Waals surface area contributed by atoms with Crippen molar-refractivity contribution in [3.63, 3.8) is 0 Å². The summed E-state index contributed by atoms with van der Waals surface area (Å²) in [6.07, 6.45) is 0.788. The monoisotopic (exact) mass is 367 g/mol. The minimum absolute atomic E-state index is 0.00196. The molecule has 2 nitrogen and oxygen atoms in total. The SMILES string of the molecule is CC(N[C@H](CO)Cc1ccccc1)c1ccc(Br)cc1Cl.